The van der Waals surface area contributed by atoms with Crippen LogP contribution in [0.15, 0.2) is 217 Å². The van der Waals surface area contributed by atoms with Gasteiger partial charge in [-0.2, -0.15) is 0 Å². The number of benzene rings is 7. The van der Waals surface area contributed by atoms with Gasteiger partial charge in [0.25, 0.3) is 0 Å². The van der Waals surface area contributed by atoms with Crippen molar-refractivity contribution in [2.45, 2.75) is 0 Å². The molecular weight excluding hydrogens is 681 g/mol. The molecule has 0 saturated heterocycles. The molecule has 2 aromatic heterocycles. The second kappa shape index (κ2) is 13.7. The van der Waals surface area contributed by atoms with Crippen LogP contribution < -0.4 is 0 Å². The lowest BCUT2D eigenvalue weighted by Crippen LogP contribution is -2.12. The van der Waals surface area contributed by atoms with E-state index in [4.69, 9.17) is 4.99 Å². The highest BCUT2D eigenvalue weighted by atomic mass is 15.1. The molecule has 0 fully saturated rings. The lowest BCUT2D eigenvalue weighted by atomic mass is 9.94. The van der Waals surface area contributed by atoms with Gasteiger partial charge in [0.1, 0.15) is 0 Å². The zero-order chi connectivity index (χ0) is 37.6. The molecule has 0 bridgehead atoms. The first-order valence-electron chi connectivity index (χ1n) is 18.8. The van der Waals surface area contributed by atoms with Crippen LogP contribution in [0.2, 0.25) is 0 Å². The van der Waals surface area contributed by atoms with E-state index in [9.17, 15) is 5.41 Å². The van der Waals surface area contributed by atoms with E-state index in [1.54, 1.807) is 6.08 Å². The van der Waals surface area contributed by atoms with Crippen molar-refractivity contribution in [2.24, 2.45) is 4.99 Å². The van der Waals surface area contributed by atoms with E-state index in [2.05, 4.69) is 145 Å². The van der Waals surface area contributed by atoms with E-state index in [0.29, 0.717) is 0 Å². The number of hydrogen-bond acceptors (Lipinski definition) is 1. The number of allylic oxidation sites excluding steroid dienone is 11. The van der Waals surface area contributed by atoms with Gasteiger partial charge in [-0.25, -0.2) is 4.99 Å². The third-order valence-electron chi connectivity index (χ3n) is 10.8. The van der Waals surface area contributed by atoms with E-state index in [1.165, 1.54) is 38.1 Å². The Labute approximate surface area is 324 Å². The third kappa shape index (κ3) is 5.39. The summed E-state index contributed by atoms with van der Waals surface area (Å²) in [4.78, 5) is 4.97. The minimum atomic E-state index is 0.155. The summed E-state index contributed by atoms with van der Waals surface area (Å²) in [5.74, 6) is 0.155. The Morgan fingerprint density at radius 3 is 2.09 bits per heavy atom. The number of para-hydroxylation sites is 2. The zero-order valence-corrected chi connectivity index (χ0v) is 30.6. The lowest BCUT2D eigenvalue weighted by Gasteiger charge is -2.13. The molecule has 0 unspecified atom stereocenters. The van der Waals surface area contributed by atoms with Gasteiger partial charge >= 0.3 is 0 Å². The number of aromatic nitrogens is 2. The van der Waals surface area contributed by atoms with E-state index in [-0.39, 0.29) is 5.96 Å². The SMILES string of the molecule is C=C\C=C/C=C/C=C1\C=CC=C\C1=N\C(=N)n1c2ccccc2c2c3ccccc3c(-c3ccc4c(c3)c3ccccc3n4-c3cccc4ccccc34)cc21. The monoisotopic (exact) mass is 716 g/mol. The molecule has 10 rings (SSSR count). The first-order chi connectivity index (χ1) is 27.7. The number of rotatable bonds is 5. The Morgan fingerprint density at radius 1 is 0.554 bits per heavy atom. The van der Waals surface area contributed by atoms with E-state index >= 15 is 0 Å². The van der Waals surface area contributed by atoms with Gasteiger partial charge in [0.2, 0.25) is 5.96 Å². The summed E-state index contributed by atoms with van der Waals surface area (Å²) in [5.41, 5.74) is 9.29. The molecule has 2 heterocycles. The van der Waals surface area contributed by atoms with E-state index in [1.807, 2.05) is 65.3 Å². The minimum absolute atomic E-state index is 0.155. The summed E-state index contributed by atoms with van der Waals surface area (Å²) in [6, 6.07) is 50.0. The van der Waals surface area contributed by atoms with Crippen LogP contribution in [-0.2, 0) is 0 Å². The molecule has 0 atom stereocenters. The maximum absolute atomic E-state index is 9.58. The molecule has 0 saturated carbocycles. The van der Waals surface area contributed by atoms with E-state index in [0.717, 1.165) is 55.1 Å². The van der Waals surface area contributed by atoms with Gasteiger partial charge in [-0.05, 0) is 69.8 Å². The van der Waals surface area contributed by atoms with Crippen molar-refractivity contribution in [3.05, 3.63) is 212 Å². The molecule has 264 valence electrons. The largest absolute Gasteiger partial charge is 0.309 e. The molecule has 7 aromatic carbocycles. The smallest absolute Gasteiger partial charge is 0.227 e. The first kappa shape index (κ1) is 33.0. The average molecular weight is 717 g/mol. The molecule has 56 heavy (non-hydrogen) atoms. The normalized spacial score (nSPS) is 14.7. The van der Waals surface area contributed by atoms with Gasteiger partial charge in [-0.1, -0.05) is 164 Å². The quantitative estimate of drug-likeness (QED) is 0.105. The van der Waals surface area contributed by atoms with Crippen LogP contribution in [0.3, 0.4) is 0 Å². The lowest BCUT2D eigenvalue weighted by molar-refractivity contribution is 1.19. The molecule has 0 amide bonds. The number of nitrogens with one attached hydrogen (secondary N) is 1. The molecular formula is C52H36N4. The number of aliphatic imine (C=N–C) groups is 1. The summed E-state index contributed by atoms with van der Waals surface area (Å²) in [6.45, 7) is 3.74. The minimum Gasteiger partial charge on any atom is -0.309 e. The molecule has 4 heteroatoms. The Kier molecular flexibility index (Phi) is 8.08. The van der Waals surface area contributed by atoms with Crippen molar-refractivity contribution in [3.63, 3.8) is 0 Å². The van der Waals surface area contributed by atoms with Gasteiger partial charge in [0, 0.05) is 32.5 Å². The van der Waals surface area contributed by atoms with Crippen LogP contribution in [0.1, 0.15) is 0 Å². The molecule has 0 radical (unpaired) electrons. The second-order valence-electron chi connectivity index (χ2n) is 14.0. The summed E-state index contributed by atoms with van der Waals surface area (Å²) in [6.07, 6.45) is 19.5. The number of hydrogen-bond donors (Lipinski definition) is 1. The van der Waals surface area contributed by atoms with Gasteiger partial charge < -0.3 is 4.57 Å². The van der Waals surface area contributed by atoms with Gasteiger partial charge in [-0.3, -0.25) is 9.98 Å². The van der Waals surface area contributed by atoms with Crippen LogP contribution in [0.5, 0.6) is 0 Å². The number of fused-ring (bicyclic) bond motifs is 9. The highest BCUT2D eigenvalue weighted by molar-refractivity contribution is 6.27. The molecule has 9 aromatic rings. The summed E-state index contributed by atoms with van der Waals surface area (Å²) >= 11 is 0. The predicted octanol–water partition coefficient (Wildman–Crippen LogP) is 13.4. The standard InChI is InChI=1S/C52H36N4/c1-2-3-4-5-6-19-36-20-8-14-27-45(36)54-52(53)56-48-29-16-13-26-42(48)51-41-25-11-10-23-39(41)43(34-50(51)56)37-31-32-49-44(33-37)40-24-12-15-28-47(40)55(49)46-30-17-21-35-18-7-9-22-38(35)46/h2-34,53H,1H2/b4-3-,6-5+,36-19+,53-52?,54-45-. The highest BCUT2D eigenvalue weighted by Crippen LogP contribution is 2.42. The maximum atomic E-state index is 9.58. The first-order valence-corrected chi connectivity index (χ1v) is 18.8. The highest BCUT2D eigenvalue weighted by Gasteiger charge is 2.21. The van der Waals surface area contributed by atoms with Crippen molar-refractivity contribution in [2.75, 3.05) is 0 Å². The fraction of sp³-hybridized carbons (Fsp3) is 0. The Hall–Kier alpha value is -7.56. The maximum Gasteiger partial charge on any atom is 0.227 e. The van der Waals surface area contributed by atoms with Crippen LogP contribution in [0, 0.1) is 5.41 Å². The molecule has 1 aliphatic carbocycles. The molecule has 1 N–H and O–H groups in total. The second-order valence-corrected chi connectivity index (χ2v) is 14.0. The summed E-state index contributed by atoms with van der Waals surface area (Å²) < 4.78 is 4.41. The number of nitrogens with zero attached hydrogens (tertiary/aromatic N) is 3. The van der Waals surface area contributed by atoms with Crippen molar-refractivity contribution < 1.29 is 0 Å². The molecule has 4 nitrogen and oxygen atoms in total. The Morgan fingerprint density at radius 2 is 1.23 bits per heavy atom. The fourth-order valence-electron chi connectivity index (χ4n) is 8.36. The van der Waals surface area contributed by atoms with Crippen LogP contribution in [0.4, 0.5) is 0 Å². The Bertz CT molecular complexity index is 3280. The summed E-state index contributed by atoms with van der Waals surface area (Å²) in [7, 11) is 0. The van der Waals surface area contributed by atoms with Crippen molar-refractivity contribution in [1.82, 2.24) is 9.13 Å². The zero-order valence-electron chi connectivity index (χ0n) is 30.6. The summed E-state index contributed by atoms with van der Waals surface area (Å²) in [5, 5.41) is 18.9. The van der Waals surface area contributed by atoms with Crippen LogP contribution >= 0.6 is 0 Å². The van der Waals surface area contributed by atoms with Crippen molar-refractivity contribution in [3.8, 4) is 16.8 Å². The van der Waals surface area contributed by atoms with Crippen LogP contribution in [-0.4, -0.2) is 20.8 Å². The Balaban J connectivity index is 1.19. The van der Waals surface area contributed by atoms with E-state index < -0.39 is 0 Å². The van der Waals surface area contributed by atoms with Gasteiger partial charge in [-0.15, -0.1) is 0 Å². The van der Waals surface area contributed by atoms with Gasteiger partial charge in [0.05, 0.1) is 33.5 Å². The molecule has 0 spiro atoms. The van der Waals surface area contributed by atoms with Crippen molar-refractivity contribution >= 4 is 76.8 Å². The molecule has 0 aliphatic heterocycles. The molecule has 1 aliphatic rings. The predicted molar refractivity (Wildman–Crippen MR) is 240 cm³/mol. The van der Waals surface area contributed by atoms with Gasteiger partial charge in [0.15, 0.2) is 0 Å². The topological polar surface area (TPSA) is 46.1 Å². The fourth-order valence-corrected chi connectivity index (χ4v) is 8.36. The average Bonchev–Trinajstić information content (AvgIpc) is 3.76. The third-order valence-corrected chi connectivity index (χ3v) is 10.8. The van der Waals surface area contributed by atoms with Crippen LogP contribution in [0.25, 0.3) is 82.0 Å². The van der Waals surface area contributed by atoms with Crippen molar-refractivity contribution in [1.29, 1.82) is 5.41 Å².